The highest BCUT2D eigenvalue weighted by Crippen LogP contribution is 2.41. The molecule has 0 aromatic carbocycles. The number of fused-ring (bicyclic) bond motifs is 1. The van der Waals surface area contributed by atoms with E-state index in [9.17, 15) is 9.59 Å². The van der Waals surface area contributed by atoms with E-state index in [0.29, 0.717) is 21.2 Å². The van der Waals surface area contributed by atoms with Crippen LogP contribution >= 0.6 is 27.3 Å². The summed E-state index contributed by atoms with van der Waals surface area (Å²) in [6.45, 7) is 5.83. The second-order valence-electron chi connectivity index (χ2n) is 6.74. The van der Waals surface area contributed by atoms with Crippen LogP contribution in [0.4, 0.5) is 5.00 Å². The zero-order valence-electron chi connectivity index (χ0n) is 15.1. The molecule has 1 amide bonds. The number of ether oxygens (including phenoxy) is 1. The van der Waals surface area contributed by atoms with E-state index in [-0.39, 0.29) is 23.7 Å². The number of carbonyl (C=O) groups excluding carboxylic acids is 2. The van der Waals surface area contributed by atoms with E-state index in [4.69, 9.17) is 9.15 Å². The number of furan rings is 1. The minimum Gasteiger partial charge on any atom is -0.459 e. The van der Waals surface area contributed by atoms with Crippen LogP contribution in [0.3, 0.4) is 0 Å². The Balaban J connectivity index is 1.93. The average Bonchev–Trinajstić information content (AvgIpc) is 3.16. The third-order valence-corrected chi connectivity index (χ3v) is 6.11. The summed E-state index contributed by atoms with van der Waals surface area (Å²) in [7, 11) is 0. The topological polar surface area (TPSA) is 68.5 Å². The smallest absolute Gasteiger partial charge is 0.341 e. The van der Waals surface area contributed by atoms with Crippen molar-refractivity contribution < 1.29 is 18.7 Å². The lowest BCUT2D eigenvalue weighted by Crippen LogP contribution is -2.18. The van der Waals surface area contributed by atoms with Crippen LogP contribution in [-0.2, 0) is 17.6 Å². The molecule has 1 atom stereocenters. The minimum atomic E-state index is -0.375. The Kier molecular flexibility index (Phi) is 5.87. The van der Waals surface area contributed by atoms with Gasteiger partial charge in [0.25, 0.3) is 5.91 Å². The van der Waals surface area contributed by atoms with Crippen molar-refractivity contribution in [2.75, 3.05) is 5.32 Å². The van der Waals surface area contributed by atoms with Crippen LogP contribution in [0.25, 0.3) is 0 Å². The van der Waals surface area contributed by atoms with Crippen molar-refractivity contribution in [3.05, 3.63) is 38.6 Å². The van der Waals surface area contributed by atoms with E-state index in [1.54, 1.807) is 12.1 Å². The zero-order chi connectivity index (χ0) is 18.8. The van der Waals surface area contributed by atoms with E-state index in [2.05, 4.69) is 28.2 Å². The molecule has 0 saturated carbocycles. The van der Waals surface area contributed by atoms with E-state index < -0.39 is 0 Å². The molecule has 0 radical (unpaired) electrons. The second-order valence-corrected chi connectivity index (χ2v) is 8.62. The third-order valence-electron chi connectivity index (χ3n) is 4.52. The first-order valence-corrected chi connectivity index (χ1v) is 10.4. The SMILES string of the molecule is CC[C@H]1CCc2c(sc(NC(=O)c3ccc(Br)o3)c2C(=O)OC(C)C)C1. The summed E-state index contributed by atoms with van der Waals surface area (Å²) >= 11 is 4.67. The number of hydrogen-bond acceptors (Lipinski definition) is 5. The third kappa shape index (κ3) is 4.04. The van der Waals surface area contributed by atoms with E-state index in [1.165, 1.54) is 16.2 Å². The van der Waals surface area contributed by atoms with Gasteiger partial charge in [-0.1, -0.05) is 13.3 Å². The Morgan fingerprint density at radius 1 is 1.42 bits per heavy atom. The maximum Gasteiger partial charge on any atom is 0.341 e. The second kappa shape index (κ2) is 7.96. The molecular formula is C19H22BrNO4S. The van der Waals surface area contributed by atoms with E-state index in [0.717, 1.165) is 31.2 Å². The number of rotatable bonds is 5. The number of hydrogen-bond donors (Lipinski definition) is 1. The fraction of sp³-hybridized carbons (Fsp3) is 0.474. The summed E-state index contributed by atoms with van der Waals surface area (Å²) in [6, 6.07) is 3.25. The monoisotopic (exact) mass is 439 g/mol. The van der Waals surface area contributed by atoms with Gasteiger partial charge in [0.15, 0.2) is 10.4 Å². The largest absolute Gasteiger partial charge is 0.459 e. The van der Waals surface area contributed by atoms with E-state index in [1.807, 2.05) is 13.8 Å². The van der Waals surface area contributed by atoms with Gasteiger partial charge in [-0.25, -0.2) is 4.79 Å². The fourth-order valence-corrected chi connectivity index (χ4v) is 4.83. The predicted octanol–water partition coefficient (Wildman–Crippen LogP) is 5.44. The number of anilines is 1. The molecule has 5 nitrogen and oxygen atoms in total. The number of carbonyl (C=O) groups is 2. The standard InChI is InChI=1S/C19H22BrNO4S/c1-4-11-5-6-12-14(9-11)26-18(16(12)19(23)24-10(2)3)21-17(22)13-7-8-15(20)25-13/h7-8,10-11H,4-6,9H2,1-3H3,(H,21,22)/t11-/m0/s1. The van der Waals surface area contributed by atoms with Gasteiger partial charge < -0.3 is 14.5 Å². The van der Waals surface area contributed by atoms with E-state index >= 15 is 0 Å². The lowest BCUT2D eigenvalue weighted by molar-refractivity contribution is 0.0378. The molecule has 1 aliphatic rings. The summed E-state index contributed by atoms with van der Waals surface area (Å²) < 4.78 is 11.2. The molecule has 140 valence electrons. The molecule has 0 fully saturated rings. The van der Waals surface area contributed by atoms with Crippen LogP contribution in [0.1, 0.15) is 65.0 Å². The van der Waals surface area contributed by atoms with Gasteiger partial charge in [0.1, 0.15) is 5.00 Å². The Hall–Kier alpha value is -1.60. The zero-order valence-corrected chi connectivity index (χ0v) is 17.5. The van der Waals surface area contributed by atoms with Crippen molar-refractivity contribution >= 4 is 44.1 Å². The molecule has 0 unspecified atom stereocenters. The molecule has 0 spiro atoms. The van der Waals surface area contributed by atoms with Crippen molar-refractivity contribution in [2.45, 2.75) is 52.6 Å². The molecule has 0 bridgehead atoms. The van der Waals surface area contributed by atoms with Crippen LogP contribution < -0.4 is 5.32 Å². The first-order chi connectivity index (χ1) is 12.4. The number of thiophene rings is 1. The Morgan fingerprint density at radius 3 is 2.81 bits per heavy atom. The van der Waals surface area contributed by atoms with Crippen LogP contribution in [0.15, 0.2) is 21.2 Å². The first kappa shape index (κ1) is 19.2. The number of halogens is 1. The van der Waals surface area contributed by atoms with Gasteiger partial charge in [-0.3, -0.25) is 4.79 Å². The van der Waals surface area contributed by atoms with Gasteiger partial charge in [-0.15, -0.1) is 11.3 Å². The van der Waals surface area contributed by atoms with Gasteiger partial charge in [-0.05, 0) is 72.7 Å². The van der Waals surface area contributed by atoms with Gasteiger partial charge >= 0.3 is 5.97 Å². The summed E-state index contributed by atoms with van der Waals surface area (Å²) in [4.78, 5) is 26.3. The molecule has 2 aromatic heterocycles. The normalized spacial score (nSPS) is 16.4. The van der Waals surface area contributed by atoms with Crippen LogP contribution in [-0.4, -0.2) is 18.0 Å². The highest BCUT2D eigenvalue weighted by atomic mass is 79.9. The molecule has 2 aromatic rings. The first-order valence-electron chi connectivity index (χ1n) is 8.81. The molecule has 7 heteroatoms. The average molecular weight is 440 g/mol. The van der Waals surface area contributed by atoms with Crippen molar-refractivity contribution in [2.24, 2.45) is 5.92 Å². The van der Waals surface area contributed by atoms with Crippen molar-refractivity contribution in [3.8, 4) is 0 Å². The molecule has 3 rings (SSSR count). The molecule has 26 heavy (non-hydrogen) atoms. The highest BCUT2D eigenvalue weighted by molar-refractivity contribution is 9.10. The van der Waals surface area contributed by atoms with Crippen molar-refractivity contribution in [1.82, 2.24) is 0 Å². The fourth-order valence-electron chi connectivity index (χ4n) is 3.18. The maximum absolute atomic E-state index is 12.7. The van der Waals surface area contributed by atoms with Gasteiger partial charge in [0.2, 0.25) is 0 Å². The molecule has 1 N–H and O–H groups in total. The predicted molar refractivity (Wildman–Crippen MR) is 105 cm³/mol. The number of esters is 1. The molecule has 2 heterocycles. The van der Waals surface area contributed by atoms with Gasteiger partial charge in [-0.2, -0.15) is 0 Å². The van der Waals surface area contributed by atoms with Crippen LogP contribution in [0.2, 0.25) is 0 Å². The number of nitrogens with one attached hydrogen (secondary N) is 1. The minimum absolute atomic E-state index is 0.192. The molecule has 1 aliphatic carbocycles. The Labute approximate surface area is 165 Å². The van der Waals surface area contributed by atoms with Crippen LogP contribution in [0.5, 0.6) is 0 Å². The molecule has 0 saturated heterocycles. The molecular weight excluding hydrogens is 418 g/mol. The quantitative estimate of drug-likeness (QED) is 0.629. The highest BCUT2D eigenvalue weighted by Gasteiger charge is 2.30. The van der Waals surface area contributed by atoms with Crippen molar-refractivity contribution in [3.63, 3.8) is 0 Å². The molecule has 0 aliphatic heterocycles. The van der Waals surface area contributed by atoms with Gasteiger partial charge in [0, 0.05) is 4.88 Å². The number of amides is 1. The Bertz CT molecular complexity index is 824. The van der Waals surface area contributed by atoms with Crippen LogP contribution in [0, 0.1) is 5.92 Å². The lowest BCUT2D eigenvalue weighted by Gasteiger charge is -2.21. The lowest BCUT2D eigenvalue weighted by atomic mass is 9.85. The summed E-state index contributed by atoms with van der Waals surface area (Å²) in [6.07, 6.45) is 3.75. The summed E-state index contributed by atoms with van der Waals surface area (Å²) in [5, 5.41) is 3.40. The summed E-state index contributed by atoms with van der Waals surface area (Å²) in [5.41, 5.74) is 1.54. The van der Waals surface area contributed by atoms with Gasteiger partial charge in [0.05, 0.1) is 11.7 Å². The van der Waals surface area contributed by atoms with Crippen molar-refractivity contribution in [1.29, 1.82) is 0 Å². The summed E-state index contributed by atoms with van der Waals surface area (Å²) in [5.74, 6) is 0.0702. The Morgan fingerprint density at radius 2 is 2.19 bits per heavy atom. The maximum atomic E-state index is 12.7.